The van der Waals surface area contributed by atoms with Gasteiger partial charge in [0, 0.05) is 0 Å². The molecule has 0 saturated carbocycles. The van der Waals surface area contributed by atoms with E-state index in [2.05, 4.69) is 20.8 Å². The molecule has 0 unspecified atom stereocenters. The van der Waals surface area contributed by atoms with Crippen LogP contribution in [0.25, 0.3) is 0 Å². The molecule has 222 valence electrons. The number of aliphatic carboxylic acids is 2. The van der Waals surface area contributed by atoms with E-state index in [1.54, 1.807) is 21.7 Å². The van der Waals surface area contributed by atoms with Crippen molar-refractivity contribution in [2.45, 2.75) is 184 Å². The molecule has 0 fully saturated rings. The van der Waals surface area contributed by atoms with Crippen molar-refractivity contribution < 1.29 is 19.8 Å². The van der Waals surface area contributed by atoms with Gasteiger partial charge < -0.3 is 19.8 Å². The predicted molar refractivity (Wildman–Crippen MR) is 161 cm³/mol. The molecule has 38 heavy (non-hydrogen) atoms. The molecule has 0 heterocycles. The Morgan fingerprint density at radius 2 is 0.816 bits per heavy atom. The van der Waals surface area contributed by atoms with Crippen molar-refractivity contribution in [2.75, 3.05) is 0 Å². The van der Waals surface area contributed by atoms with Gasteiger partial charge in [0.2, 0.25) is 0 Å². The molecular weight excluding hydrogens is 579 g/mol. The third-order valence-electron chi connectivity index (χ3n) is 7.02. The fourth-order valence-corrected chi connectivity index (χ4v) is 8.11. The van der Waals surface area contributed by atoms with Crippen LogP contribution in [-0.2, 0) is 9.59 Å². The Labute approximate surface area is 247 Å². The molecule has 0 atom stereocenters. The first kappa shape index (κ1) is 39.6. The van der Waals surface area contributed by atoms with Gasteiger partial charge in [-0.25, -0.2) is 0 Å². The van der Waals surface area contributed by atoms with E-state index in [0.29, 0.717) is 12.5 Å². The van der Waals surface area contributed by atoms with E-state index in [4.69, 9.17) is 0 Å². The van der Waals surface area contributed by atoms with Crippen LogP contribution in [-0.4, -0.2) is 33.1 Å². The van der Waals surface area contributed by atoms with Crippen LogP contribution in [0.5, 0.6) is 0 Å². The van der Waals surface area contributed by atoms with Crippen LogP contribution in [0.2, 0.25) is 8.87 Å². The van der Waals surface area contributed by atoms with Gasteiger partial charge in [0.25, 0.3) is 0 Å². The monoisotopic (exact) mass is 642 g/mol. The van der Waals surface area contributed by atoms with Crippen molar-refractivity contribution >= 4 is 33.1 Å². The summed E-state index contributed by atoms with van der Waals surface area (Å²) in [5.74, 6) is -2.89. The average molecular weight is 642 g/mol. The van der Waals surface area contributed by atoms with Crippen LogP contribution >= 0.6 is 0 Å². The standard InChI is InChI=1S/C17H30O4.2C8H17.Sn/c1-2-3-4-5-6-7-8-9-10-11-12-13-15(17(20)21)14-16(18)19;2*1-3-5-7-8-6-4-2;/h14H,2-13H2,1H3,(H,18,19)(H,20,21);2*1,3-8H2,2H3;/q;;;+2/p-2/b15-14-;;;. The van der Waals surface area contributed by atoms with E-state index in [-0.39, 0.29) is 33.1 Å². The molecule has 0 aromatic heterocycles. The molecule has 0 aromatic rings. The topological polar surface area (TPSA) is 80.3 Å². The molecule has 0 aliphatic heterocycles. The van der Waals surface area contributed by atoms with E-state index < -0.39 is 11.9 Å². The molecule has 0 aliphatic rings. The maximum atomic E-state index is 10.7. The van der Waals surface area contributed by atoms with Gasteiger partial charge in [0.15, 0.2) is 0 Å². The third-order valence-corrected chi connectivity index (χ3v) is 11.1. The molecule has 4 nitrogen and oxygen atoms in total. The van der Waals surface area contributed by atoms with Gasteiger partial charge in [-0.1, -0.05) is 71.1 Å². The third kappa shape index (κ3) is 35.5. The second-order valence-corrected chi connectivity index (χ2v) is 15.1. The summed E-state index contributed by atoms with van der Waals surface area (Å²) in [5, 5.41) is 21.0. The van der Waals surface area contributed by atoms with Crippen LogP contribution < -0.4 is 10.2 Å². The summed E-state index contributed by atoms with van der Waals surface area (Å²) in [4.78, 5) is 21.0. The first-order valence-corrected chi connectivity index (χ1v) is 20.4. The zero-order chi connectivity index (χ0) is 28.5. The SMILES string of the molecule is CCCCCCCCCCCCC/C(=C/C(=O)[O-])C(=O)[O-].CCCCCCC[CH2][Sn+2][CH2]CCCCCCC. The summed E-state index contributed by atoms with van der Waals surface area (Å²) in [6.07, 6.45) is 31.6. The molecular formula is C33H62O4Sn. The van der Waals surface area contributed by atoms with E-state index in [9.17, 15) is 19.8 Å². The van der Waals surface area contributed by atoms with E-state index >= 15 is 0 Å². The minimum absolute atomic E-state index is 0.0736. The summed E-state index contributed by atoms with van der Waals surface area (Å²) in [6.45, 7) is 6.82. The quantitative estimate of drug-likeness (QED) is 0.0489. The van der Waals surface area contributed by atoms with Crippen LogP contribution in [0.4, 0.5) is 0 Å². The molecule has 0 saturated heterocycles. The average Bonchev–Trinajstić information content (AvgIpc) is 2.89. The van der Waals surface area contributed by atoms with Gasteiger partial charge in [0.05, 0.1) is 11.9 Å². The number of carboxylic acid groups (broad SMARTS) is 2. The van der Waals surface area contributed by atoms with E-state index in [0.717, 1.165) is 12.8 Å². The summed E-state index contributed by atoms with van der Waals surface area (Å²) in [7, 11) is 0. The summed E-state index contributed by atoms with van der Waals surface area (Å²) < 4.78 is 3.31. The summed E-state index contributed by atoms with van der Waals surface area (Å²) in [6, 6.07) is 0. The molecule has 0 bridgehead atoms. The Kier molecular flexibility index (Phi) is 36.0. The molecule has 0 rings (SSSR count). The van der Waals surface area contributed by atoms with Crippen molar-refractivity contribution in [1.82, 2.24) is 0 Å². The van der Waals surface area contributed by atoms with Crippen molar-refractivity contribution in [2.24, 2.45) is 0 Å². The van der Waals surface area contributed by atoms with Crippen LogP contribution in [0.3, 0.4) is 0 Å². The molecule has 0 aromatic carbocycles. The molecule has 5 heteroatoms. The zero-order valence-electron chi connectivity index (χ0n) is 25.6. The van der Waals surface area contributed by atoms with Crippen LogP contribution in [0.15, 0.2) is 11.6 Å². The number of carbonyl (C=O) groups is 2. The van der Waals surface area contributed by atoms with Crippen LogP contribution in [0.1, 0.15) is 175 Å². The van der Waals surface area contributed by atoms with Gasteiger partial charge in [0.1, 0.15) is 0 Å². The van der Waals surface area contributed by atoms with Gasteiger partial charge in [-0.3, -0.25) is 0 Å². The Morgan fingerprint density at radius 3 is 1.13 bits per heavy atom. The number of hydrogen-bond donors (Lipinski definition) is 0. The number of carbonyl (C=O) groups excluding carboxylic acids is 2. The number of carboxylic acids is 2. The van der Waals surface area contributed by atoms with Gasteiger partial charge in [-0.05, 0) is 24.5 Å². The van der Waals surface area contributed by atoms with Crippen molar-refractivity contribution in [3.05, 3.63) is 11.6 Å². The molecule has 0 spiro atoms. The fourth-order valence-electron chi connectivity index (χ4n) is 4.54. The van der Waals surface area contributed by atoms with Crippen molar-refractivity contribution in [1.29, 1.82) is 0 Å². The van der Waals surface area contributed by atoms with E-state index in [1.165, 1.54) is 116 Å². The first-order chi connectivity index (χ1) is 18.5. The second kappa shape index (κ2) is 34.5. The second-order valence-electron chi connectivity index (χ2n) is 10.8. The van der Waals surface area contributed by atoms with Crippen molar-refractivity contribution in [3.63, 3.8) is 0 Å². The van der Waals surface area contributed by atoms with Gasteiger partial charge in [-0.2, -0.15) is 0 Å². The normalized spacial score (nSPS) is 11.1. The molecule has 0 amide bonds. The molecule has 0 aliphatic carbocycles. The maximum absolute atomic E-state index is 10.7. The molecule has 0 N–H and O–H groups in total. The van der Waals surface area contributed by atoms with E-state index in [1.807, 2.05) is 0 Å². The first-order valence-electron chi connectivity index (χ1n) is 16.3. The number of unbranched alkanes of at least 4 members (excludes halogenated alkanes) is 20. The van der Waals surface area contributed by atoms with Gasteiger partial charge >= 0.3 is 121 Å². The van der Waals surface area contributed by atoms with Crippen molar-refractivity contribution in [3.8, 4) is 0 Å². The molecule has 0 radical (unpaired) electrons. The van der Waals surface area contributed by atoms with Crippen LogP contribution in [0, 0.1) is 0 Å². The Morgan fingerprint density at radius 1 is 0.500 bits per heavy atom. The van der Waals surface area contributed by atoms with Gasteiger partial charge in [-0.15, -0.1) is 0 Å². The fraction of sp³-hybridized carbons (Fsp3) is 0.879. The minimum atomic E-state index is -1.47. The number of hydrogen-bond acceptors (Lipinski definition) is 4. The summed E-state index contributed by atoms with van der Waals surface area (Å²) in [5.41, 5.74) is -0.175. The Balaban J connectivity index is 0. The predicted octanol–water partition coefficient (Wildman–Crippen LogP) is 8.36. The summed E-state index contributed by atoms with van der Waals surface area (Å²) >= 11 is 0.0736. The Hall–Kier alpha value is -0.521. The number of rotatable bonds is 28. The Bertz CT molecular complexity index is 519. The zero-order valence-corrected chi connectivity index (χ0v) is 28.4.